The third-order valence-electron chi connectivity index (χ3n) is 7.33. The van der Waals surface area contributed by atoms with E-state index in [-0.39, 0.29) is 32.1 Å². The van der Waals surface area contributed by atoms with E-state index in [0.717, 1.165) is 16.2 Å². The molecule has 1 saturated heterocycles. The Morgan fingerprint density at radius 2 is 1.98 bits per heavy atom. The summed E-state index contributed by atoms with van der Waals surface area (Å²) in [6.45, 7) is -0.543. The van der Waals surface area contributed by atoms with Crippen molar-refractivity contribution in [2.24, 2.45) is 7.05 Å². The summed E-state index contributed by atoms with van der Waals surface area (Å²) in [5.41, 5.74) is -0.101. The molecule has 10 radical (unpaired) electrons. The van der Waals surface area contributed by atoms with Crippen molar-refractivity contribution < 1.29 is 28.8 Å². The van der Waals surface area contributed by atoms with Gasteiger partial charge in [-0.15, -0.1) is 0 Å². The second-order valence-corrected chi connectivity index (χ2v) is 11.3. The monoisotopic (exact) mass is 587 g/mol. The van der Waals surface area contributed by atoms with Gasteiger partial charge in [-0.1, -0.05) is 0 Å². The lowest BCUT2D eigenvalue weighted by atomic mass is 9.52. The summed E-state index contributed by atoms with van der Waals surface area (Å²) in [5, 5.41) is 21.7. The highest BCUT2D eigenvalue weighted by atomic mass is 32.1. The number of methoxy groups -OCH3 is 1. The Kier molecular flexibility index (Phi) is 7.35. The third kappa shape index (κ3) is 5.22. The molecule has 0 atom stereocenters. The van der Waals surface area contributed by atoms with Gasteiger partial charge in [-0.2, -0.15) is 21.5 Å². The van der Waals surface area contributed by atoms with Gasteiger partial charge in [0.1, 0.15) is 39.3 Å². The zero-order valence-corrected chi connectivity index (χ0v) is 24.2. The molecule has 1 fully saturated rings. The van der Waals surface area contributed by atoms with Gasteiger partial charge in [-0.25, -0.2) is 4.68 Å². The highest BCUT2D eigenvalue weighted by molar-refractivity contribution is 7.08. The summed E-state index contributed by atoms with van der Waals surface area (Å²) in [6, 6.07) is 7.42. The van der Waals surface area contributed by atoms with Crippen molar-refractivity contribution in [1.29, 1.82) is 0 Å². The summed E-state index contributed by atoms with van der Waals surface area (Å²) in [5.74, 6) is 0.307. The molecule has 5 heterocycles. The van der Waals surface area contributed by atoms with Crippen LogP contribution in [0.15, 0.2) is 41.2 Å². The molecule has 1 aromatic carbocycles. The van der Waals surface area contributed by atoms with Crippen LogP contribution in [-0.2, 0) is 23.1 Å². The molecule has 1 amide bonds. The molecular formula is C26H22B5N5O6S. The fraction of sp³-hybridized carbons (Fsp3) is 0.346. The minimum atomic E-state index is -2.66. The Morgan fingerprint density at radius 3 is 2.53 bits per heavy atom. The number of aromatic nitrogens is 4. The number of carbonyl (C=O) groups excluding carboxylic acids is 1. The minimum Gasteiger partial charge on any atom is -0.496 e. The van der Waals surface area contributed by atoms with Crippen LogP contribution in [0.25, 0.3) is 28.2 Å². The average molecular weight is 587 g/mol. The first-order chi connectivity index (χ1) is 20.3. The topological polar surface area (TPSA) is 113 Å². The fourth-order valence-electron chi connectivity index (χ4n) is 5.36. The zero-order valence-electron chi connectivity index (χ0n) is 23.4. The molecule has 4 aromatic rings. The van der Waals surface area contributed by atoms with E-state index >= 15 is 0 Å². The molecule has 1 N–H and O–H groups in total. The van der Waals surface area contributed by atoms with Crippen molar-refractivity contribution in [2.75, 3.05) is 26.9 Å². The van der Waals surface area contributed by atoms with Gasteiger partial charge in [0.2, 0.25) is 0 Å². The van der Waals surface area contributed by atoms with E-state index in [0.29, 0.717) is 34.0 Å². The SMILES string of the molecule is [B]C([B])([B])OCC1(N(C(=O)c2nn(-c3ccsc3)c3c2COc2cc(OC)c(-c4ccnn4C)cc2-3)C([B])([B])O)COC1. The van der Waals surface area contributed by atoms with Gasteiger partial charge in [0.25, 0.3) is 5.91 Å². The number of nitrogens with zero attached hydrogens (tertiary/aromatic N) is 5. The van der Waals surface area contributed by atoms with Gasteiger partial charge < -0.3 is 29.0 Å². The molecule has 0 aliphatic carbocycles. The minimum absolute atomic E-state index is 0.0271. The third-order valence-corrected chi connectivity index (χ3v) is 8.00. The Morgan fingerprint density at radius 1 is 1.21 bits per heavy atom. The molecule has 208 valence electrons. The van der Waals surface area contributed by atoms with Gasteiger partial charge in [-0.3, -0.25) is 9.48 Å². The smallest absolute Gasteiger partial charge is 0.276 e. The van der Waals surface area contributed by atoms with Crippen molar-refractivity contribution >= 4 is 56.5 Å². The Labute approximate surface area is 258 Å². The van der Waals surface area contributed by atoms with Gasteiger partial charge in [0.15, 0.2) is 5.69 Å². The Bertz CT molecular complexity index is 1680. The van der Waals surface area contributed by atoms with E-state index in [9.17, 15) is 9.90 Å². The van der Waals surface area contributed by atoms with Crippen LogP contribution in [0.5, 0.6) is 11.5 Å². The molecule has 0 unspecified atom stereocenters. The van der Waals surface area contributed by atoms with E-state index < -0.39 is 22.3 Å². The van der Waals surface area contributed by atoms with E-state index in [1.165, 1.54) is 11.3 Å². The first-order valence-corrected chi connectivity index (χ1v) is 14.0. The maximum absolute atomic E-state index is 14.4. The maximum Gasteiger partial charge on any atom is 0.276 e. The number of thiophene rings is 1. The Balaban J connectivity index is 1.52. The van der Waals surface area contributed by atoms with Gasteiger partial charge in [0, 0.05) is 41.4 Å². The first-order valence-electron chi connectivity index (χ1n) is 13.0. The largest absolute Gasteiger partial charge is 0.496 e. The molecule has 43 heavy (non-hydrogen) atoms. The van der Waals surface area contributed by atoms with Crippen LogP contribution in [-0.4, -0.2) is 118 Å². The van der Waals surface area contributed by atoms with Crippen LogP contribution in [0.1, 0.15) is 16.1 Å². The number of hydrogen-bond acceptors (Lipinski definition) is 9. The number of aliphatic hydroxyl groups is 1. The molecule has 11 nitrogen and oxygen atoms in total. The standard InChI is InChI=1S/C26H22B5N5O6S/c1-34-18(3-5-32-34)15-7-16-20(8-19(15)39-2)41-9-17-21(33-35(22(16)17)14-4-6-43-10-14)23(37)36(26(30,31)38)24(11-40-12-24)13-42-25(27,28)29/h3-8,10,38H,9,11-13H2,1-2H3. The first kappa shape index (κ1) is 29.7. The lowest BCUT2D eigenvalue weighted by Gasteiger charge is -2.55. The number of amides is 1. The number of fused-ring (bicyclic) bond motifs is 3. The predicted molar refractivity (Wildman–Crippen MR) is 162 cm³/mol. The van der Waals surface area contributed by atoms with Crippen molar-refractivity contribution in [1.82, 2.24) is 24.5 Å². The van der Waals surface area contributed by atoms with Crippen molar-refractivity contribution in [3.05, 3.63) is 52.5 Å². The molecular weight excluding hydrogens is 564 g/mol. The van der Waals surface area contributed by atoms with Crippen LogP contribution < -0.4 is 9.47 Å². The van der Waals surface area contributed by atoms with E-state index in [2.05, 4.69) is 5.10 Å². The molecule has 2 aliphatic heterocycles. The van der Waals surface area contributed by atoms with Gasteiger partial charge in [0.05, 0.1) is 73.1 Å². The zero-order chi connectivity index (χ0) is 30.7. The summed E-state index contributed by atoms with van der Waals surface area (Å²) in [7, 11) is 32.2. The average Bonchev–Trinajstić information content (AvgIpc) is 3.67. The summed E-state index contributed by atoms with van der Waals surface area (Å²) in [6.07, 6.45) is 1.69. The summed E-state index contributed by atoms with van der Waals surface area (Å²) in [4.78, 5) is 15.2. The number of carbonyl (C=O) groups is 1. The summed E-state index contributed by atoms with van der Waals surface area (Å²) < 4.78 is 26.0. The lowest BCUT2D eigenvalue weighted by Crippen LogP contribution is -2.74. The number of rotatable bonds is 9. The second-order valence-electron chi connectivity index (χ2n) is 10.5. The molecule has 0 bridgehead atoms. The number of hydrogen-bond donors (Lipinski definition) is 1. The van der Waals surface area contributed by atoms with E-state index in [1.54, 1.807) is 28.7 Å². The van der Waals surface area contributed by atoms with Crippen LogP contribution in [0.4, 0.5) is 0 Å². The van der Waals surface area contributed by atoms with Crippen LogP contribution >= 0.6 is 11.3 Å². The van der Waals surface area contributed by atoms with Gasteiger partial charge >= 0.3 is 0 Å². The maximum atomic E-state index is 14.4. The highest BCUT2D eigenvalue weighted by Crippen LogP contribution is 2.46. The molecule has 0 saturated carbocycles. The van der Waals surface area contributed by atoms with Crippen molar-refractivity contribution in [3.63, 3.8) is 0 Å². The normalized spacial score (nSPS) is 15.6. The van der Waals surface area contributed by atoms with Crippen molar-refractivity contribution in [2.45, 2.75) is 23.0 Å². The number of aryl methyl sites for hydroxylation is 1. The van der Waals surface area contributed by atoms with Crippen molar-refractivity contribution in [3.8, 4) is 39.7 Å². The predicted octanol–water partition coefficient (Wildman–Crippen LogP) is 0.187. The molecule has 3 aromatic heterocycles. The second kappa shape index (κ2) is 10.7. The molecule has 6 rings (SSSR count). The van der Waals surface area contributed by atoms with Crippen LogP contribution in [0.3, 0.4) is 0 Å². The quantitative estimate of drug-likeness (QED) is 0.219. The lowest BCUT2D eigenvalue weighted by molar-refractivity contribution is -0.185. The van der Waals surface area contributed by atoms with E-state index in [4.69, 9.17) is 63.3 Å². The van der Waals surface area contributed by atoms with Gasteiger partial charge in [-0.05, 0) is 28.9 Å². The Hall–Kier alpha value is -3.39. The fourth-order valence-corrected chi connectivity index (χ4v) is 5.98. The van der Waals surface area contributed by atoms with Crippen LogP contribution in [0.2, 0.25) is 0 Å². The highest BCUT2D eigenvalue weighted by Gasteiger charge is 2.53. The molecule has 2 aliphatic rings. The molecule has 17 heteroatoms. The molecule has 0 spiro atoms. The number of benzene rings is 1. The van der Waals surface area contributed by atoms with E-state index in [1.807, 2.05) is 36.0 Å². The number of ether oxygens (including phenoxy) is 4. The van der Waals surface area contributed by atoms with Crippen LogP contribution in [0, 0.1) is 0 Å². The summed E-state index contributed by atoms with van der Waals surface area (Å²) >= 11 is 1.46.